The minimum Gasteiger partial charge on any atom is -0.490 e. The summed E-state index contributed by atoms with van der Waals surface area (Å²) in [6.45, 7) is 22.4. The smallest absolute Gasteiger partial charge is 0.342 e. The molecule has 2 heterocycles. The lowest BCUT2D eigenvalue weighted by Gasteiger charge is -2.44. The van der Waals surface area contributed by atoms with E-state index >= 15 is 0 Å². The molecule has 4 rings (SSSR count). The largest absolute Gasteiger partial charge is 0.490 e. The first kappa shape index (κ1) is 27.6. The summed E-state index contributed by atoms with van der Waals surface area (Å²) in [6.07, 6.45) is 1.51. The molecule has 0 N–H and O–H groups in total. The molecule has 2 bridgehead atoms. The fourth-order valence-electron chi connectivity index (χ4n) is 4.18. The van der Waals surface area contributed by atoms with Crippen LogP contribution in [0, 0.1) is 0 Å². The lowest BCUT2D eigenvalue weighted by atomic mass is 9.89. The number of thiophene rings is 1. The van der Waals surface area contributed by atoms with E-state index in [2.05, 4.69) is 98.1 Å². The van der Waals surface area contributed by atoms with Gasteiger partial charge in [0.05, 0.1) is 0 Å². The average Bonchev–Trinajstić information content (AvgIpc) is 3.25. The van der Waals surface area contributed by atoms with Crippen LogP contribution >= 0.6 is 11.3 Å². The number of hydrogen-bond donors (Lipinski definition) is 0. The SMILES string of the molecule is CC(C)(C)[Si](C)(C)O[C@@H]1C(OCc2cc3ccccc3s2)=C[C@]2(O[Si](C)(C)C(C)(C)C)CC1OC2=O. The highest BCUT2D eigenvalue weighted by atomic mass is 32.1. The van der Waals surface area contributed by atoms with Crippen molar-refractivity contribution in [3.63, 3.8) is 0 Å². The number of hydrogen-bond acceptors (Lipinski definition) is 6. The molecule has 1 aliphatic carbocycles. The van der Waals surface area contributed by atoms with Gasteiger partial charge in [0.2, 0.25) is 0 Å². The van der Waals surface area contributed by atoms with Crippen molar-refractivity contribution in [2.45, 2.75) is 109 Å². The van der Waals surface area contributed by atoms with E-state index in [9.17, 15) is 4.79 Å². The lowest BCUT2D eigenvalue weighted by molar-refractivity contribution is -0.151. The zero-order chi connectivity index (χ0) is 26.7. The Morgan fingerprint density at radius 1 is 1.03 bits per heavy atom. The van der Waals surface area contributed by atoms with Crippen molar-refractivity contribution >= 4 is 44.0 Å². The van der Waals surface area contributed by atoms with Crippen molar-refractivity contribution in [1.29, 1.82) is 0 Å². The Kier molecular flexibility index (Phi) is 6.96. The highest BCUT2D eigenvalue weighted by Crippen LogP contribution is 2.49. The highest BCUT2D eigenvalue weighted by Gasteiger charge is 2.60. The first-order valence-electron chi connectivity index (χ1n) is 12.9. The molecule has 1 aliphatic heterocycles. The van der Waals surface area contributed by atoms with E-state index in [1.54, 1.807) is 11.3 Å². The minimum atomic E-state index is -2.27. The maximum absolute atomic E-state index is 13.4. The molecule has 2 aromatic rings. The van der Waals surface area contributed by atoms with Gasteiger partial charge >= 0.3 is 5.97 Å². The van der Waals surface area contributed by atoms with Gasteiger partial charge in [0.25, 0.3) is 0 Å². The summed E-state index contributed by atoms with van der Waals surface area (Å²) in [5.74, 6) is 0.347. The number of fused-ring (bicyclic) bond motifs is 3. The molecular formula is C28H42O5SSi2. The fraction of sp³-hybridized carbons (Fsp3) is 0.607. The molecule has 8 heteroatoms. The van der Waals surface area contributed by atoms with Crippen molar-refractivity contribution < 1.29 is 23.1 Å². The van der Waals surface area contributed by atoms with E-state index in [0.717, 1.165) is 4.88 Å². The molecule has 1 unspecified atom stereocenters. The Bertz CT molecular complexity index is 1140. The highest BCUT2D eigenvalue weighted by molar-refractivity contribution is 7.19. The van der Waals surface area contributed by atoms with Crippen molar-refractivity contribution in [3.05, 3.63) is 47.0 Å². The van der Waals surface area contributed by atoms with Gasteiger partial charge in [0, 0.05) is 16.0 Å². The molecule has 5 nitrogen and oxygen atoms in total. The molecule has 198 valence electrons. The van der Waals surface area contributed by atoms with E-state index in [0.29, 0.717) is 18.8 Å². The van der Waals surface area contributed by atoms with Gasteiger partial charge in [-0.05, 0) is 59.9 Å². The summed E-state index contributed by atoms with van der Waals surface area (Å²) >= 11 is 1.73. The average molecular weight is 547 g/mol. The first-order chi connectivity index (χ1) is 16.4. The second kappa shape index (κ2) is 9.08. The molecule has 3 atom stereocenters. The van der Waals surface area contributed by atoms with Gasteiger partial charge < -0.3 is 18.3 Å². The van der Waals surface area contributed by atoms with Crippen LogP contribution in [0.1, 0.15) is 52.8 Å². The van der Waals surface area contributed by atoms with Crippen LogP contribution in [-0.2, 0) is 29.7 Å². The third-order valence-corrected chi connectivity index (χ3v) is 18.5. The summed E-state index contributed by atoms with van der Waals surface area (Å²) in [6, 6.07) is 10.5. The van der Waals surface area contributed by atoms with Crippen molar-refractivity contribution in [3.8, 4) is 0 Å². The quantitative estimate of drug-likeness (QED) is 0.262. The first-order valence-corrected chi connectivity index (χ1v) is 19.5. The molecule has 1 aromatic heterocycles. The van der Waals surface area contributed by atoms with Gasteiger partial charge in [-0.3, -0.25) is 0 Å². The van der Waals surface area contributed by atoms with Crippen LogP contribution in [0.3, 0.4) is 0 Å². The zero-order valence-corrected chi connectivity index (χ0v) is 26.3. The Morgan fingerprint density at radius 2 is 1.67 bits per heavy atom. The van der Waals surface area contributed by atoms with Gasteiger partial charge in [-0.25, -0.2) is 4.79 Å². The van der Waals surface area contributed by atoms with Gasteiger partial charge in [-0.2, -0.15) is 0 Å². The summed E-state index contributed by atoms with van der Waals surface area (Å²) < 4.78 is 27.3. The molecule has 2 aliphatic rings. The molecule has 1 aromatic carbocycles. The third-order valence-electron chi connectivity index (χ3n) is 8.43. The Hall–Kier alpha value is -1.46. The third kappa shape index (κ3) is 5.12. The Balaban J connectivity index is 1.69. The molecule has 0 saturated carbocycles. The van der Waals surface area contributed by atoms with Crippen LogP contribution in [0.2, 0.25) is 36.3 Å². The molecular weight excluding hydrogens is 505 g/mol. The van der Waals surface area contributed by atoms with E-state index in [1.807, 2.05) is 6.08 Å². The summed E-state index contributed by atoms with van der Waals surface area (Å²) in [5.41, 5.74) is -1.11. The number of esters is 1. The molecule has 36 heavy (non-hydrogen) atoms. The van der Waals surface area contributed by atoms with Crippen molar-refractivity contribution in [1.82, 2.24) is 0 Å². The number of carbonyl (C=O) groups excluding carboxylic acids is 1. The van der Waals surface area contributed by atoms with E-state index in [4.69, 9.17) is 18.3 Å². The topological polar surface area (TPSA) is 54.0 Å². The Morgan fingerprint density at radius 3 is 2.28 bits per heavy atom. The summed E-state index contributed by atoms with van der Waals surface area (Å²) in [5, 5.41) is 1.18. The lowest BCUT2D eigenvalue weighted by Crippen LogP contribution is -2.54. The fourth-order valence-corrected chi connectivity index (χ4v) is 7.85. The normalized spacial score (nSPS) is 25.2. The molecule has 0 radical (unpaired) electrons. The number of rotatable bonds is 7. The van der Waals surface area contributed by atoms with E-state index in [-0.39, 0.29) is 16.0 Å². The summed E-state index contributed by atoms with van der Waals surface area (Å²) in [7, 11) is -4.44. The number of ether oxygens (including phenoxy) is 2. The number of benzene rings is 1. The van der Waals surface area contributed by atoms with Gasteiger partial charge in [0.15, 0.2) is 22.2 Å². The van der Waals surface area contributed by atoms with Crippen molar-refractivity contribution in [2.24, 2.45) is 0 Å². The zero-order valence-electron chi connectivity index (χ0n) is 23.5. The van der Waals surface area contributed by atoms with Crippen molar-refractivity contribution in [2.75, 3.05) is 0 Å². The maximum Gasteiger partial charge on any atom is 0.342 e. The van der Waals surface area contributed by atoms with Crippen LogP contribution in [0.15, 0.2) is 42.2 Å². The van der Waals surface area contributed by atoms with Crippen LogP contribution in [0.4, 0.5) is 0 Å². The summed E-state index contributed by atoms with van der Waals surface area (Å²) in [4.78, 5) is 14.5. The Labute approximate surface area is 222 Å². The van der Waals surface area contributed by atoms with Crippen LogP contribution in [0.5, 0.6) is 0 Å². The standard InChI is InChI=1S/C28H42O5SSi2/c1-26(2,3)35(7,8)32-24-21(30-18-20-15-19-13-11-12-14-23(19)34-20)16-28(17-22(24)31-25(28)29)33-36(9,10)27(4,5)6/h11-16,22,24H,17-18H2,1-10H3/t22?,24-,28+/m1/s1. The maximum atomic E-state index is 13.4. The second-order valence-corrected chi connectivity index (χ2v) is 23.9. The predicted octanol–water partition coefficient (Wildman–Crippen LogP) is 7.78. The van der Waals surface area contributed by atoms with Gasteiger partial charge in [-0.1, -0.05) is 59.7 Å². The predicted molar refractivity (Wildman–Crippen MR) is 152 cm³/mol. The molecule has 0 spiro atoms. The van der Waals surface area contributed by atoms with Crippen LogP contribution < -0.4 is 0 Å². The minimum absolute atomic E-state index is 0.0123. The van der Waals surface area contributed by atoms with Crippen LogP contribution in [0.25, 0.3) is 10.1 Å². The number of carbonyl (C=O) groups is 1. The van der Waals surface area contributed by atoms with Crippen LogP contribution in [-0.4, -0.2) is 40.4 Å². The van der Waals surface area contributed by atoms with E-state index in [1.165, 1.54) is 10.1 Å². The molecule has 1 fully saturated rings. The van der Waals surface area contributed by atoms with Gasteiger partial charge in [0.1, 0.15) is 24.6 Å². The van der Waals surface area contributed by atoms with Gasteiger partial charge in [-0.15, -0.1) is 11.3 Å². The molecule has 0 amide bonds. The molecule has 1 saturated heterocycles. The van der Waals surface area contributed by atoms with E-state index < -0.39 is 34.4 Å². The monoisotopic (exact) mass is 546 g/mol. The second-order valence-electron chi connectivity index (χ2n) is 13.3.